The first-order chi connectivity index (χ1) is 9.04. The Labute approximate surface area is 119 Å². The summed E-state index contributed by atoms with van der Waals surface area (Å²) in [6.45, 7) is 8.40. The average molecular weight is 281 g/mol. The van der Waals surface area contributed by atoms with Gasteiger partial charge in [-0.2, -0.15) is 0 Å². The van der Waals surface area contributed by atoms with E-state index in [1.807, 2.05) is 12.1 Å². The highest BCUT2D eigenvalue weighted by atomic mass is 35.5. The maximum Gasteiger partial charge on any atom is 0.126 e. The third kappa shape index (κ3) is 2.85. The molecule has 0 radical (unpaired) electrons. The quantitative estimate of drug-likeness (QED) is 0.659. The van der Waals surface area contributed by atoms with Gasteiger partial charge in [-0.3, -0.25) is 10.3 Å². The van der Waals surface area contributed by atoms with Gasteiger partial charge in [-0.1, -0.05) is 24.6 Å². The summed E-state index contributed by atoms with van der Waals surface area (Å²) < 4.78 is 0. The number of likely N-dealkylation sites (N-methyl/N-ethyl adjacent to an activating group) is 1. The number of nitrogens with two attached hydrogens (primary N) is 1. The van der Waals surface area contributed by atoms with Crippen LogP contribution in [-0.4, -0.2) is 43.0 Å². The first kappa shape index (κ1) is 14.2. The van der Waals surface area contributed by atoms with E-state index < -0.39 is 0 Å². The van der Waals surface area contributed by atoms with Crippen molar-refractivity contribution < 1.29 is 0 Å². The first-order valence-corrected chi connectivity index (χ1v) is 7.04. The minimum Gasteiger partial charge on any atom is -0.384 e. The van der Waals surface area contributed by atoms with E-state index in [0.29, 0.717) is 16.6 Å². The van der Waals surface area contributed by atoms with Gasteiger partial charge in [-0.05, 0) is 25.6 Å². The summed E-state index contributed by atoms with van der Waals surface area (Å²) in [6.07, 6.45) is 0. The third-order valence-corrected chi connectivity index (χ3v) is 4.09. The van der Waals surface area contributed by atoms with Crippen LogP contribution in [0, 0.1) is 5.41 Å². The number of amidine groups is 1. The molecule has 1 heterocycles. The molecule has 1 aliphatic rings. The van der Waals surface area contributed by atoms with Crippen molar-refractivity contribution in [3.63, 3.8) is 0 Å². The van der Waals surface area contributed by atoms with Crippen molar-refractivity contribution in [2.45, 2.75) is 19.9 Å². The Morgan fingerprint density at radius 1 is 1.47 bits per heavy atom. The Hall–Kier alpha value is -1.26. The van der Waals surface area contributed by atoms with Crippen molar-refractivity contribution in [1.82, 2.24) is 4.90 Å². The molecule has 5 heteroatoms. The molecular weight excluding hydrogens is 260 g/mol. The van der Waals surface area contributed by atoms with Crippen molar-refractivity contribution in [2.75, 3.05) is 31.1 Å². The lowest BCUT2D eigenvalue weighted by atomic mass is 10.1. The molecule has 104 valence electrons. The lowest BCUT2D eigenvalue weighted by Crippen LogP contribution is -2.52. The number of piperazine rings is 1. The van der Waals surface area contributed by atoms with E-state index in [4.69, 9.17) is 22.7 Å². The van der Waals surface area contributed by atoms with Crippen LogP contribution in [0.15, 0.2) is 18.2 Å². The zero-order valence-corrected chi connectivity index (χ0v) is 12.2. The van der Waals surface area contributed by atoms with Crippen molar-refractivity contribution >= 4 is 23.1 Å². The summed E-state index contributed by atoms with van der Waals surface area (Å²) in [5, 5.41) is 8.27. The van der Waals surface area contributed by atoms with Gasteiger partial charge in [-0.25, -0.2) is 0 Å². The van der Waals surface area contributed by atoms with E-state index in [2.05, 4.69) is 23.6 Å². The summed E-state index contributed by atoms with van der Waals surface area (Å²) >= 11 is 6.18. The molecule has 0 spiro atoms. The maximum atomic E-state index is 7.72. The number of nitrogens with zero attached hydrogens (tertiary/aromatic N) is 2. The largest absolute Gasteiger partial charge is 0.384 e. The van der Waals surface area contributed by atoms with Crippen molar-refractivity contribution in [1.29, 1.82) is 5.41 Å². The number of hydrogen-bond acceptors (Lipinski definition) is 3. The average Bonchev–Trinajstić information content (AvgIpc) is 2.37. The van der Waals surface area contributed by atoms with Crippen LogP contribution in [0.1, 0.15) is 19.4 Å². The summed E-state index contributed by atoms with van der Waals surface area (Å²) in [5.41, 5.74) is 7.30. The predicted octanol–water partition coefficient (Wildman–Crippen LogP) is 2.15. The minimum absolute atomic E-state index is 0.0335. The number of rotatable bonds is 3. The van der Waals surface area contributed by atoms with Crippen molar-refractivity contribution in [3.8, 4) is 0 Å². The van der Waals surface area contributed by atoms with Crippen LogP contribution >= 0.6 is 11.6 Å². The zero-order chi connectivity index (χ0) is 14.0. The molecular formula is C14H21ClN4. The van der Waals surface area contributed by atoms with Crippen LogP contribution in [0.3, 0.4) is 0 Å². The summed E-state index contributed by atoms with van der Waals surface area (Å²) in [7, 11) is 0. The Morgan fingerprint density at radius 2 is 2.21 bits per heavy atom. The van der Waals surface area contributed by atoms with Crippen molar-refractivity contribution in [3.05, 3.63) is 28.8 Å². The molecule has 0 aliphatic carbocycles. The number of hydrogen-bond donors (Lipinski definition) is 2. The molecule has 1 aromatic carbocycles. The van der Waals surface area contributed by atoms with Crippen LogP contribution in [0.25, 0.3) is 0 Å². The van der Waals surface area contributed by atoms with Crippen LogP contribution in [0.4, 0.5) is 5.69 Å². The molecule has 2 rings (SSSR count). The van der Waals surface area contributed by atoms with Crippen LogP contribution in [-0.2, 0) is 0 Å². The zero-order valence-electron chi connectivity index (χ0n) is 11.5. The SMILES string of the molecule is CCN1CCN(c2cccc(Cl)c2C(=N)N)CC1C. The Bertz CT molecular complexity index is 475. The van der Waals surface area contributed by atoms with Crippen LogP contribution in [0.5, 0.6) is 0 Å². The van der Waals surface area contributed by atoms with Gasteiger partial charge in [0.05, 0.1) is 10.6 Å². The van der Waals surface area contributed by atoms with E-state index in [1.165, 1.54) is 0 Å². The fourth-order valence-corrected chi connectivity index (χ4v) is 3.00. The summed E-state index contributed by atoms with van der Waals surface area (Å²) in [4.78, 5) is 4.73. The monoisotopic (exact) mass is 280 g/mol. The topological polar surface area (TPSA) is 56.4 Å². The smallest absolute Gasteiger partial charge is 0.126 e. The number of nitrogen functional groups attached to an aromatic ring is 1. The second kappa shape index (κ2) is 5.80. The molecule has 1 unspecified atom stereocenters. The highest BCUT2D eigenvalue weighted by molar-refractivity contribution is 6.34. The Morgan fingerprint density at radius 3 is 2.79 bits per heavy atom. The third-order valence-electron chi connectivity index (χ3n) is 3.77. The van der Waals surface area contributed by atoms with Gasteiger partial charge in [0.2, 0.25) is 0 Å². The molecule has 19 heavy (non-hydrogen) atoms. The predicted molar refractivity (Wildman–Crippen MR) is 81.4 cm³/mol. The van der Waals surface area contributed by atoms with E-state index in [9.17, 15) is 0 Å². The second-order valence-corrected chi connectivity index (χ2v) is 5.38. The minimum atomic E-state index is 0.0335. The normalized spacial score (nSPS) is 20.6. The molecule has 1 aliphatic heterocycles. The van der Waals surface area contributed by atoms with Gasteiger partial charge in [0.25, 0.3) is 0 Å². The molecule has 0 saturated carbocycles. The molecule has 1 saturated heterocycles. The van der Waals surface area contributed by atoms with E-state index in [1.54, 1.807) is 6.07 Å². The summed E-state index contributed by atoms with van der Waals surface area (Å²) in [6, 6.07) is 6.20. The lowest BCUT2D eigenvalue weighted by molar-refractivity contribution is 0.199. The molecule has 4 nitrogen and oxygen atoms in total. The van der Waals surface area contributed by atoms with E-state index >= 15 is 0 Å². The van der Waals surface area contributed by atoms with Gasteiger partial charge >= 0.3 is 0 Å². The standard InChI is InChI=1S/C14H21ClN4/c1-3-18-7-8-19(9-10(18)2)12-6-4-5-11(15)13(12)14(16)17/h4-6,10H,3,7-9H2,1-2H3,(H3,16,17). The Balaban J connectivity index is 2.28. The van der Waals surface area contributed by atoms with Gasteiger partial charge in [-0.15, -0.1) is 0 Å². The first-order valence-electron chi connectivity index (χ1n) is 6.66. The summed E-state index contributed by atoms with van der Waals surface area (Å²) in [5.74, 6) is 0.0335. The molecule has 0 amide bonds. The number of halogens is 1. The number of nitrogens with one attached hydrogen (secondary N) is 1. The molecule has 0 bridgehead atoms. The number of anilines is 1. The highest BCUT2D eigenvalue weighted by Gasteiger charge is 2.25. The van der Waals surface area contributed by atoms with Gasteiger partial charge in [0, 0.05) is 31.4 Å². The molecule has 1 fully saturated rings. The van der Waals surface area contributed by atoms with E-state index in [0.717, 1.165) is 31.9 Å². The lowest BCUT2D eigenvalue weighted by Gasteiger charge is -2.41. The van der Waals surface area contributed by atoms with Crippen LogP contribution < -0.4 is 10.6 Å². The van der Waals surface area contributed by atoms with E-state index in [-0.39, 0.29) is 5.84 Å². The molecule has 1 atom stereocenters. The highest BCUT2D eigenvalue weighted by Crippen LogP contribution is 2.28. The van der Waals surface area contributed by atoms with Gasteiger partial charge < -0.3 is 10.6 Å². The second-order valence-electron chi connectivity index (χ2n) is 4.97. The number of benzene rings is 1. The van der Waals surface area contributed by atoms with Gasteiger partial charge in [0.15, 0.2) is 0 Å². The van der Waals surface area contributed by atoms with Gasteiger partial charge in [0.1, 0.15) is 5.84 Å². The molecule has 0 aromatic heterocycles. The molecule has 3 N–H and O–H groups in total. The Kier molecular flexibility index (Phi) is 4.32. The van der Waals surface area contributed by atoms with Crippen molar-refractivity contribution in [2.24, 2.45) is 5.73 Å². The fraction of sp³-hybridized carbons (Fsp3) is 0.500. The van der Waals surface area contributed by atoms with Crippen LogP contribution in [0.2, 0.25) is 5.02 Å². The molecule has 1 aromatic rings. The fourth-order valence-electron chi connectivity index (χ4n) is 2.73. The maximum absolute atomic E-state index is 7.72.